The normalized spacial score (nSPS) is 11.6. The van der Waals surface area contributed by atoms with E-state index in [4.69, 9.17) is 9.84 Å². The highest BCUT2D eigenvalue weighted by Crippen LogP contribution is 2.21. The molecule has 0 saturated carbocycles. The summed E-state index contributed by atoms with van der Waals surface area (Å²) in [6.45, 7) is 3.63. The van der Waals surface area contributed by atoms with Gasteiger partial charge in [-0.3, -0.25) is 0 Å². The molecule has 2 aromatic rings. The molecular formula is C16H23NO2S. The summed E-state index contributed by atoms with van der Waals surface area (Å²) >= 11 is 1.78. The molecule has 1 N–H and O–H groups in total. The second kappa shape index (κ2) is 8.37. The molecule has 1 aromatic heterocycles. The zero-order valence-electron chi connectivity index (χ0n) is 12.0. The topological polar surface area (TPSA) is 32.7 Å². The summed E-state index contributed by atoms with van der Waals surface area (Å²) in [6, 6.07) is 8.80. The molecule has 3 nitrogen and oxygen atoms in total. The van der Waals surface area contributed by atoms with Crippen LogP contribution in [0.5, 0.6) is 0 Å². The highest BCUT2D eigenvalue weighted by molar-refractivity contribution is 7.17. The van der Waals surface area contributed by atoms with Crippen molar-refractivity contribution in [3.63, 3.8) is 0 Å². The Labute approximate surface area is 124 Å². The van der Waals surface area contributed by atoms with Crippen molar-refractivity contribution in [2.45, 2.75) is 12.8 Å². The lowest BCUT2D eigenvalue weighted by Gasteiger charge is -2.15. The molecule has 0 atom stereocenters. The first kappa shape index (κ1) is 15.4. The molecule has 20 heavy (non-hydrogen) atoms. The number of hydrogen-bond acceptors (Lipinski definition) is 4. The largest absolute Gasteiger partial charge is 0.396 e. The monoisotopic (exact) mass is 293 g/mol. The fourth-order valence-corrected chi connectivity index (χ4v) is 2.91. The molecule has 0 aliphatic rings. The van der Waals surface area contributed by atoms with Crippen molar-refractivity contribution in [2.75, 3.05) is 40.0 Å². The summed E-state index contributed by atoms with van der Waals surface area (Å²) in [6.07, 6.45) is 1.79. The van der Waals surface area contributed by atoms with Crippen molar-refractivity contribution >= 4 is 21.4 Å². The fourth-order valence-electron chi connectivity index (χ4n) is 2.14. The highest BCUT2D eigenvalue weighted by Gasteiger charge is 2.00. The van der Waals surface area contributed by atoms with Crippen molar-refractivity contribution < 1.29 is 9.84 Å². The van der Waals surface area contributed by atoms with E-state index in [9.17, 15) is 0 Å². The smallest absolute Gasteiger partial charge is 0.0593 e. The van der Waals surface area contributed by atoms with Gasteiger partial charge in [0.2, 0.25) is 0 Å². The van der Waals surface area contributed by atoms with Gasteiger partial charge in [0.1, 0.15) is 0 Å². The quantitative estimate of drug-likeness (QED) is 0.722. The second-order valence-electron chi connectivity index (χ2n) is 5.04. The first-order valence-electron chi connectivity index (χ1n) is 7.13. The number of nitrogens with zero attached hydrogens (tertiary/aromatic N) is 1. The molecule has 2 rings (SSSR count). The Morgan fingerprint density at radius 1 is 1.20 bits per heavy atom. The van der Waals surface area contributed by atoms with Gasteiger partial charge in [0.15, 0.2) is 0 Å². The zero-order valence-corrected chi connectivity index (χ0v) is 12.9. The van der Waals surface area contributed by atoms with Gasteiger partial charge >= 0.3 is 0 Å². The molecule has 4 heteroatoms. The van der Waals surface area contributed by atoms with Gasteiger partial charge in [-0.2, -0.15) is 0 Å². The molecule has 0 spiro atoms. The van der Waals surface area contributed by atoms with Crippen LogP contribution in [-0.2, 0) is 11.2 Å². The lowest BCUT2D eigenvalue weighted by atomic mass is 10.1. The predicted octanol–water partition coefficient (Wildman–Crippen LogP) is 2.77. The van der Waals surface area contributed by atoms with Crippen LogP contribution >= 0.6 is 11.3 Å². The van der Waals surface area contributed by atoms with Crippen LogP contribution in [0.1, 0.15) is 12.0 Å². The Kier molecular flexibility index (Phi) is 6.47. The van der Waals surface area contributed by atoms with E-state index in [1.165, 1.54) is 15.6 Å². The Morgan fingerprint density at radius 3 is 2.95 bits per heavy atom. The average Bonchev–Trinajstić information content (AvgIpc) is 2.92. The molecule has 0 unspecified atom stereocenters. The first-order chi connectivity index (χ1) is 9.79. The van der Waals surface area contributed by atoms with E-state index in [1.807, 2.05) is 0 Å². The second-order valence-corrected chi connectivity index (χ2v) is 5.98. The summed E-state index contributed by atoms with van der Waals surface area (Å²) < 4.78 is 7.03. The number of likely N-dealkylation sites (N-methyl/N-ethyl adjacent to an activating group) is 1. The van der Waals surface area contributed by atoms with Gasteiger partial charge in [0, 0.05) is 24.4 Å². The molecule has 1 aromatic carbocycles. The van der Waals surface area contributed by atoms with Crippen LogP contribution in [0.4, 0.5) is 0 Å². The number of thiophene rings is 1. The molecule has 0 saturated heterocycles. The predicted molar refractivity (Wildman–Crippen MR) is 85.5 cm³/mol. The maximum atomic E-state index is 8.75. The molecule has 110 valence electrons. The number of rotatable bonds is 9. The molecule has 0 aliphatic heterocycles. The minimum atomic E-state index is 0.260. The zero-order chi connectivity index (χ0) is 14.2. The third kappa shape index (κ3) is 4.87. The molecule has 0 amide bonds. The van der Waals surface area contributed by atoms with Crippen LogP contribution in [-0.4, -0.2) is 50.0 Å². The van der Waals surface area contributed by atoms with Crippen molar-refractivity contribution in [1.29, 1.82) is 0 Å². The van der Waals surface area contributed by atoms with E-state index < -0.39 is 0 Å². The van der Waals surface area contributed by atoms with E-state index in [1.54, 1.807) is 11.3 Å². The molecule has 0 aliphatic carbocycles. The Balaban J connectivity index is 1.63. The number of ether oxygens (including phenoxy) is 1. The molecule has 1 heterocycles. The molecular weight excluding hydrogens is 270 g/mol. The maximum Gasteiger partial charge on any atom is 0.0593 e. The fraction of sp³-hybridized carbons (Fsp3) is 0.500. The molecule has 0 bridgehead atoms. The number of aliphatic hydroxyl groups excluding tert-OH is 1. The van der Waals surface area contributed by atoms with Gasteiger partial charge in [-0.25, -0.2) is 0 Å². The van der Waals surface area contributed by atoms with Crippen LogP contribution in [0.3, 0.4) is 0 Å². The minimum Gasteiger partial charge on any atom is -0.396 e. The van der Waals surface area contributed by atoms with E-state index in [-0.39, 0.29) is 6.61 Å². The molecule has 0 fully saturated rings. The lowest BCUT2D eigenvalue weighted by molar-refractivity contribution is 0.111. The average molecular weight is 293 g/mol. The lowest BCUT2D eigenvalue weighted by Crippen LogP contribution is -2.25. The van der Waals surface area contributed by atoms with E-state index >= 15 is 0 Å². The standard InChI is InChI=1S/C16H23NO2S/c1-17(7-2-9-18)8-11-19-10-5-14-3-4-16-15(13-14)6-12-20-16/h3-4,6,12-13,18H,2,5,7-11H2,1H3. The Bertz CT molecular complexity index is 512. The third-order valence-electron chi connectivity index (χ3n) is 3.37. The summed E-state index contributed by atoms with van der Waals surface area (Å²) in [7, 11) is 2.06. The van der Waals surface area contributed by atoms with Crippen molar-refractivity contribution in [3.8, 4) is 0 Å². The highest BCUT2D eigenvalue weighted by atomic mass is 32.1. The van der Waals surface area contributed by atoms with Crippen LogP contribution in [0.15, 0.2) is 29.6 Å². The van der Waals surface area contributed by atoms with Crippen molar-refractivity contribution in [2.24, 2.45) is 0 Å². The van der Waals surface area contributed by atoms with Gasteiger partial charge in [0.05, 0.1) is 13.2 Å². The number of fused-ring (bicyclic) bond motifs is 1. The summed E-state index contributed by atoms with van der Waals surface area (Å²) in [4.78, 5) is 2.19. The van der Waals surface area contributed by atoms with E-state index in [0.717, 1.165) is 39.1 Å². The van der Waals surface area contributed by atoms with Gasteiger partial charge in [-0.15, -0.1) is 11.3 Å². The Hall–Kier alpha value is -0.940. The van der Waals surface area contributed by atoms with Crippen LogP contribution in [0.25, 0.3) is 10.1 Å². The van der Waals surface area contributed by atoms with Gasteiger partial charge in [-0.1, -0.05) is 12.1 Å². The number of hydrogen-bond donors (Lipinski definition) is 1. The number of benzene rings is 1. The minimum absolute atomic E-state index is 0.260. The maximum absolute atomic E-state index is 8.75. The summed E-state index contributed by atoms with van der Waals surface area (Å²) in [5.74, 6) is 0. The van der Waals surface area contributed by atoms with E-state index in [0.29, 0.717) is 0 Å². The van der Waals surface area contributed by atoms with Gasteiger partial charge in [-0.05, 0) is 48.4 Å². The van der Waals surface area contributed by atoms with Crippen LogP contribution in [0.2, 0.25) is 0 Å². The Morgan fingerprint density at radius 2 is 2.10 bits per heavy atom. The SMILES string of the molecule is CN(CCCO)CCOCCc1ccc2sccc2c1. The van der Waals surface area contributed by atoms with Crippen molar-refractivity contribution in [3.05, 3.63) is 35.2 Å². The summed E-state index contributed by atoms with van der Waals surface area (Å²) in [5, 5.41) is 12.2. The first-order valence-corrected chi connectivity index (χ1v) is 8.01. The van der Waals surface area contributed by atoms with Gasteiger partial charge in [0.25, 0.3) is 0 Å². The third-order valence-corrected chi connectivity index (χ3v) is 4.27. The molecule has 0 radical (unpaired) electrons. The van der Waals surface area contributed by atoms with Crippen LogP contribution in [0, 0.1) is 0 Å². The van der Waals surface area contributed by atoms with Gasteiger partial charge < -0.3 is 14.7 Å². The van der Waals surface area contributed by atoms with E-state index in [2.05, 4.69) is 41.6 Å². The van der Waals surface area contributed by atoms with Crippen molar-refractivity contribution in [1.82, 2.24) is 4.90 Å². The number of aliphatic hydroxyl groups is 1. The summed E-state index contributed by atoms with van der Waals surface area (Å²) in [5.41, 5.74) is 1.34. The van der Waals surface area contributed by atoms with Crippen LogP contribution < -0.4 is 0 Å².